The molecule has 7 nitrogen and oxygen atoms in total. The molecule has 4 heterocycles. The van der Waals surface area contributed by atoms with E-state index in [1.54, 1.807) is 0 Å². The molecule has 1 atom stereocenters. The van der Waals surface area contributed by atoms with Gasteiger partial charge in [-0.25, -0.2) is 14.2 Å². The van der Waals surface area contributed by atoms with E-state index in [0.29, 0.717) is 11.8 Å². The number of amides is 2. The molecule has 31 heavy (non-hydrogen) atoms. The first-order valence-corrected chi connectivity index (χ1v) is 9.40. The van der Waals surface area contributed by atoms with Gasteiger partial charge in [0, 0.05) is 24.9 Å². The molecule has 13 heteroatoms. The number of fused-ring (bicyclic) bond motifs is 3. The normalized spacial score (nSPS) is 20.6. The van der Waals surface area contributed by atoms with E-state index in [4.69, 9.17) is 0 Å². The van der Waals surface area contributed by atoms with E-state index in [9.17, 15) is 36.2 Å². The number of nitrogens with one attached hydrogen (secondary N) is 1. The summed E-state index contributed by atoms with van der Waals surface area (Å²) < 4.78 is 82.3. The molecule has 168 valence electrons. The molecule has 0 fully saturated rings. The van der Waals surface area contributed by atoms with Crippen LogP contribution in [0, 0.1) is 5.82 Å². The second-order valence-corrected chi connectivity index (χ2v) is 7.48. The summed E-state index contributed by atoms with van der Waals surface area (Å²) in [5.74, 6) is -5.36. The number of hydrogen-bond acceptors (Lipinski definition) is 4. The van der Waals surface area contributed by atoms with Gasteiger partial charge in [-0.15, -0.1) is 0 Å². The summed E-state index contributed by atoms with van der Waals surface area (Å²) in [5, 5.41) is 16.2. The van der Waals surface area contributed by atoms with E-state index in [2.05, 4.69) is 15.4 Å². The van der Waals surface area contributed by atoms with Crippen LogP contribution in [-0.2, 0) is 31.6 Å². The molecule has 2 aromatic heterocycles. The zero-order valence-corrected chi connectivity index (χ0v) is 15.9. The average Bonchev–Trinajstić information content (AvgIpc) is 2.99. The lowest BCUT2D eigenvalue weighted by atomic mass is 10.00. The van der Waals surface area contributed by atoms with Crippen LogP contribution in [0.1, 0.15) is 35.5 Å². The topological polar surface area (TPSA) is 83.3 Å². The number of alkyl halides is 5. The van der Waals surface area contributed by atoms with Crippen LogP contribution in [-0.4, -0.2) is 43.5 Å². The Morgan fingerprint density at radius 3 is 2.74 bits per heavy atom. The monoisotopic (exact) mass is 449 g/mol. The minimum Gasteiger partial charge on any atom is -0.391 e. The van der Waals surface area contributed by atoms with Crippen molar-refractivity contribution in [3.05, 3.63) is 40.6 Å². The molecule has 0 aliphatic carbocycles. The maximum absolute atomic E-state index is 14.7. The number of pyridine rings is 1. The van der Waals surface area contributed by atoms with E-state index < -0.39 is 48.0 Å². The highest BCUT2D eigenvalue weighted by molar-refractivity contribution is 5.88. The lowest BCUT2D eigenvalue weighted by Crippen LogP contribution is -2.39. The third-order valence-electron chi connectivity index (χ3n) is 5.26. The SMILES string of the molecule is O=C(Nc1ccc(F)c(C(F)(F)F)n1)N1CCc2nn3c(c2C1)C(F)(F)CC[C@H](O)C3. The number of nitrogens with zero attached hydrogens (tertiary/aromatic N) is 4. The number of aliphatic hydroxyl groups is 1. The molecule has 0 unspecified atom stereocenters. The second-order valence-electron chi connectivity index (χ2n) is 7.48. The number of aromatic nitrogens is 3. The molecule has 0 bridgehead atoms. The van der Waals surface area contributed by atoms with Gasteiger partial charge in [-0.05, 0) is 18.6 Å². The molecule has 0 radical (unpaired) electrons. The van der Waals surface area contributed by atoms with Gasteiger partial charge in [-0.1, -0.05) is 0 Å². The summed E-state index contributed by atoms with van der Waals surface area (Å²) in [6.45, 7) is -0.254. The quantitative estimate of drug-likeness (QED) is 0.655. The van der Waals surface area contributed by atoms with Crippen LogP contribution in [0.25, 0.3) is 0 Å². The first-order chi connectivity index (χ1) is 14.5. The number of anilines is 1. The van der Waals surface area contributed by atoms with Gasteiger partial charge in [0.2, 0.25) is 0 Å². The fourth-order valence-corrected chi connectivity index (χ4v) is 3.80. The van der Waals surface area contributed by atoms with Crippen LogP contribution >= 0.6 is 0 Å². The van der Waals surface area contributed by atoms with E-state index in [-0.39, 0.29) is 43.7 Å². The first kappa shape index (κ1) is 21.4. The van der Waals surface area contributed by atoms with Crippen molar-refractivity contribution in [2.75, 3.05) is 11.9 Å². The van der Waals surface area contributed by atoms with Gasteiger partial charge in [0.1, 0.15) is 11.5 Å². The smallest absolute Gasteiger partial charge is 0.391 e. The molecule has 0 spiro atoms. The summed E-state index contributed by atoms with van der Waals surface area (Å²) in [6, 6.07) is 0.539. The molecule has 2 aromatic rings. The van der Waals surface area contributed by atoms with Crippen molar-refractivity contribution in [3.8, 4) is 0 Å². The fourth-order valence-electron chi connectivity index (χ4n) is 3.80. The van der Waals surface area contributed by atoms with Crippen LogP contribution in [0.2, 0.25) is 0 Å². The summed E-state index contributed by atoms with van der Waals surface area (Å²) >= 11 is 0. The summed E-state index contributed by atoms with van der Waals surface area (Å²) in [5.41, 5.74) is -1.60. The van der Waals surface area contributed by atoms with Crippen molar-refractivity contribution >= 4 is 11.8 Å². The van der Waals surface area contributed by atoms with Crippen molar-refractivity contribution in [1.29, 1.82) is 0 Å². The summed E-state index contributed by atoms with van der Waals surface area (Å²) in [4.78, 5) is 16.8. The Morgan fingerprint density at radius 1 is 1.29 bits per heavy atom. The third kappa shape index (κ3) is 4.05. The number of aliphatic hydroxyl groups excluding tert-OH is 1. The summed E-state index contributed by atoms with van der Waals surface area (Å²) in [6.07, 6.45) is -6.54. The van der Waals surface area contributed by atoms with Crippen molar-refractivity contribution < 1.29 is 36.2 Å². The largest absolute Gasteiger partial charge is 0.436 e. The maximum Gasteiger partial charge on any atom is 0.436 e. The maximum atomic E-state index is 14.7. The van der Waals surface area contributed by atoms with Crippen LogP contribution in [0.3, 0.4) is 0 Å². The predicted octanol–water partition coefficient (Wildman–Crippen LogP) is 3.27. The van der Waals surface area contributed by atoms with Crippen molar-refractivity contribution in [3.63, 3.8) is 0 Å². The number of halogens is 6. The minimum absolute atomic E-state index is 0.0801. The second kappa shape index (κ2) is 7.39. The lowest BCUT2D eigenvalue weighted by Gasteiger charge is -2.28. The average molecular weight is 449 g/mol. The van der Waals surface area contributed by atoms with Crippen molar-refractivity contribution in [1.82, 2.24) is 19.7 Å². The number of rotatable bonds is 1. The van der Waals surface area contributed by atoms with E-state index >= 15 is 0 Å². The number of carbonyl (C=O) groups is 1. The minimum atomic E-state index is -5.04. The van der Waals surface area contributed by atoms with Gasteiger partial charge in [0.25, 0.3) is 5.92 Å². The standard InChI is InChI=1S/C18H17F6N5O2/c19-11-1-2-13(25-14(11)18(22,23)24)26-16(31)28-6-4-12-10(8-28)15-17(20,21)5-3-9(30)7-29(15)27-12/h1-2,9,30H,3-8H2,(H,25,26,31)/t9-/m0/s1. The predicted molar refractivity (Wildman–Crippen MR) is 93.7 cm³/mol. The Balaban J connectivity index is 1.57. The van der Waals surface area contributed by atoms with Crippen molar-refractivity contribution in [2.24, 2.45) is 0 Å². The molecule has 2 aliphatic heterocycles. The van der Waals surface area contributed by atoms with Gasteiger partial charge in [0.05, 0.1) is 24.9 Å². The number of urea groups is 1. The zero-order chi connectivity index (χ0) is 22.6. The van der Waals surface area contributed by atoms with E-state index in [0.717, 1.165) is 15.6 Å². The lowest BCUT2D eigenvalue weighted by molar-refractivity contribution is -0.143. The van der Waals surface area contributed by atoms with Crippen molar-refractivity contribution in [2.45, 2.75) is 50.6 Å². The Hall–Kier alpha value is -2.83. The molecule has 2 amide bonds. The highest BCUT2D eigenvalue weighted by Crippen LogP contribution is 2.40. The highest BCUT2D eigenvalue weighted by atomic mass is 19.4. The summed E-state index contributed by atoms with van der Waals surface area (Å²) in [7, 11) is 0. The van der Waals surface area contributed by atoms with E-state index in [1.165, 1.54) is 0 Å². The van der Waals surface area contributed by atoms with Gasteiger partial charge in [-0.2, -0.15) is 27.1 Å². The van der Waals surface area contributed by atoms with Crippen LogP contribution < -0.4 is 5.32 Å². The zero-order valence-electron chi connectivity index (χ0n) is 15.9. The van der Waals surface area contributed by atoms with Gasteiger partial charge < -0.3 is 10.0 Å². The van der Waals surface area contributed by atoms with Gasteiger partial charge >= 0.3 is 12.2 Å². The Kier molecular flexibility index (Phi) is 5.10. The first-order valence-electron chi connectivity index (χ1n) is 9.40. The number of carbonyl (C=O) groups excluding carboxylic acids is 1. The van der Waals surface area contributed by atoms with Crippen LogP contribution in [0.15, 0.2) is 12.1 Å². The Bertz CT molecular complexity index is 1020. The highest BCUT2D eigenvalue weighted by Gasteiger charge is 2.43. The fraction of sp³-hybridized carbons (Fsp3) is 0.500. The third-order valence-corrected chi connectivity index (χ3v) is 5.26. The van der Waals surface area contributed by atoms with Gasteiger partial charge in [-0.3, -0.25) is 10.00 Å². The van der Waals surface area contributed by atoms with Crippen LogP contribution in [0.5, 0.6) is 0 Å². The van der Waals surface area contributed by atoms with Crippen LogP contribution in [0.4, 0.5) is 37.0 Å². The molecule has 2 aliphatic rings. The molecular formula is C18H17F6N5O2. The molecule has 0 saturated heterocycles. The molecule has 4 rings (SSSR count). The molecule has 0 aromatic carbocycles. The van der Waals surface area contributed by atoms with Gasteiger partial charge in [0.15, 0.2) is 11.5 Å². The Labute approximate surface area is 171 Å². The number of hydrogen-bond donors (Lipinski definition) is 2. The molecular weight excluding hydrogens is 432 g/mol. The molecule has 0 saturated carbocycles. The van der Waals surface area contributed by atoms with E-state index in [1.807, 2.05) is 0 Å². The Morgan fingerprint density at radius 2 is 2.03 bits per heavy atom. The molecule has 2 N–H and O–H groups in total.